The van der Waals surface area contributed by atoms with Gasteiger partial charge < -0.3 is 15.8 Å². The topological polar surface area (TPSA) is 82.2 Å². The van der Waals surface area contributed by atoms with Crippen molar-refractivity contribution in [2.24, 2.45) is 12.8 Å². The van der Waals surface area contributed by atoms with Gasteiger partial charge in [0, 0.05) is 32.4 Å². The maximum Gasteiger partial charge on any atom is 0.254 e. The molecular formula is C11H20N4O2. The molecule has 0 aliphatic heterocycles. The molecule has 1 heterocycles. The van der Waals surface area contributed by atoms with Gasteiger partial charge in [-0.15, -0.1) is 0 Å². The third-order valence-electron chi connectivity index (χ3n) is 2.66. The second-order valence-corrected chi connectivity index (χ2v) is 4.03. The van der Waals surface area contributed by atoms with Crippen LogP contribution in [0.15, 0.2) is 6.20 Å². The number of aromatic nitrogens is 2. The molecule has 96 valence electrons. The number of amides is 1. The Morgan fingerprint density at radius 3 is 2.94 bits per heavy atom. The monoisotopic (exact) mass is 240 g/mol. The average molecular weight is 240 g/mol. The Bertz CT molecular complexity index is 376. The standard InChI is InChI=1S/C11H20N4O2/c1-8-10(6-14-15(8)2)11(16)13-5-4-9(12)7-17-3/h6,9H,4-5,7,12H2,1-3H3,(H,13,16). The maximum atomic E-state index is 11.8. The lowest BCUT2D eigenvalue weighted by molar-refractivity contribution is 0.0949. The lowest BCUT2D eigenvalue weighted by Gasteiger charge is -2.10. The average Bonchev–Trinajstić information content (AvgIpc) is 2.60. The summed E-state index contributed by atoms with van der Waals surface area (Å²) in [6.07, 6.45) is 2.26. The van der Waals surface area contributed by atoms with Gasteiger partial charge in [-0.1, -0.05) is 0 Å². The van der Waals surface area contributed by atoms with E-state index in [0.29, 0.717) is 25.1 Å². The third-order valence-corrected chi connectivity index (χ3v) is 2.66. The number of carbonyl (C=O) groups excluding carboxylic acids is 1. The second-order valence-electron chi connectivity index (χ2n) is 4.03. The van der Waals surface area contributed by atoms with E-state index in [2.05, 4.69) is 10.4 Å². The van der Waals surface area contributed by atoms with E-state index in [1.54, 1.807) is 25.0 Å². The molecule has 1 amide bonds. The molecule has 1 aromatic heterocycles. The fourth-order valence-electron chi connectivity index (χ4n) is 1.49. The van der Waals surface area contributed by atoms with E-state index in [-0.39, 0.29) is 11.9 Å². The number of nitrogens with two attached hydrogens (primary N) is 1. The van der Waals surface area contributed by atoms with Crippen LogP contribution in [0, 0.1) is 6.92 Å². The Balaban J connectivity index is 2.38. The fraction of sp³-hybridized carbons (Fsp3) is 0.636. The van der Waals surface area contributed by atoms with Crippen LogP contribution in [-0.4, -0.2) is 42.0 Å². The van der Waals surface area contributed by atoms with E-state index in [9.17, 15) is 4.79 Å². The highest BCUT2D eigenvalue weighted by atomic mass is 16.5. The van der Waals surface area contributed by atoms with Crippen LogP contribution in [0.3, 0.4) is 0 Å². The molecule has 0 radical (unpaired) electrons. The van der Waals surface area contributed by atoms with Crippen LogP contribution in [0.4, 0.5) is 0 Å². The first-order valence-corrected chi connectivity index (χ1v) is 5.57. The van der Waals surface area contributed by atoms with Crippen molar-refractivity contribution in [2.45, 2.75) is 19.4 Å². The van der Waals surface area contributed by atoms with Crippen molar-refractivity contribution in [1.82, 2.24) is 15.1 Å². The van der Waals surface area contributed by atoms with Crippen LogP contribution in [0.5, 0.6) is 0 Å². The molecule has 3 N–H and O–H groups in total. The zero-order valence-electron chi connectivity index (χ0n) is 10.6. The summed E-state index contributed by atoms with van der Waals surface area (Å²) in [7, 11) is 3.41. The van der Waals surface area contributed by atoms with Crippen molar-refractivity contribution in [3.8, 4) is 0 Å². The van der Waals surface area contributed by atoms with Gasteiger partial charge in [-0.05, 0) is 13.3 Å². The van der Waals surface area contributed by atoms with Gasteiger partial charge in [-0.2, -0.15) is 5.10 Å². The Hall–Kier alpha value is -1.40. The van der Waals surface area contributed by atoms with Gasteiger partial charge in [-0.25, -0.2) is 0 Å². The molecule has 1 unspecified atom stereocenters. The first-order valence-electron chi connectivity index (χ1n) is 5.57. The molecule has 6 heteroatoms. The Labute approximate surface area is 101 Å². The van der Waals surface area contributed by atoms with Gasteiger partial charge in [-0.3, -0.25) is 9.48 Å². The number of nitrogens with one attached hydrogen (secondary N) is 1. The van der Waals surface area contributed by atoms with Crippen LogP contribution in [0.2, 0.25) is 0 Å². The first kappa shape index (κ1) is 13.7. The fourth-order valence-corrected chi connectivity index (χ4v) is 1.49. The van der Waals surface area contributed by atoms with E-state index in [1.165, 1.54) is 0 Å². The summed E-state index contributed by atoms with van der Waals surface area (Å²) < 4.78 is 6.59. The van der Waals surface area contributed by atoms with E-state index in [4.69, 9.17) is 10.5 Å². The van der Waals surface area contributed by atoms with E-state index in [0.717, 1.165) is 5.69 Å². The number of hydrogen-bond donors (Lipinski definition) is 2. The minimum Gasteiger partial charge on any atom is -0.383 e. The van der Waals surface area contributed by atoms with Gasteiger partial charge in [0.05, 0.1) is 18.4 Å². The normalized spacial score (nSPS) is 12.5. The van der Waals surface area contributed by atoms with Crippen LogP contribution in [0.25, 0.3) is 0 Å². The quantitative estimate of drug-likeness (QED) is 0.723. The molecule has 0 aliphatic carbocycles. The van der Waals surface area contributed by atoms with E-state index in [1.807, 2.05) is 6.92 Å². The summed E-state index contributed by atoms with van der Waals surface area (Å²) >= 11 is 0. The largest absolute Gasteiger partial charge is 0.383 e. The molecule has 0 saturated heterocycles. The Morgan fingerprint density at radius 2 is 2.41 bits per heavy atom. The minimum atomic E-state index is -0.111. The molecule has 0 saturated carbocycles. The molecule has 0 aromatic carbocycles. The Kier molecular flexibility index (Phi) is 5.11. The molecule has 6 nitrogen and oxygen atoms in total. The molecule has 0 bridgehead atoms. The number of aryl methyl sites for hydroxylation is 1. The number of hydrogen-bond acceptors (Lipinski definition) is 4. The molecule has 17 heavy (non-hydrogen) atoms. The van der Waals surface area contributed by atoms with Crippen molar-refractivity contribution in [3.63, 3.8) is 0 Å². The lowest BCUT2D eigenvalue weighted by atomic mass is 10.2. The summed E-state index contributed by atoms with van der Waals surface area (Å²) in [4.78, 5) is 11.8. The van der Waals surface area contributed by atoms with Gasteiger partial charge in [0.1, 0.15) is 0 Å². The zero-order chi connectivity index (χ0) is 12.8. The zero-order valence-corrected chi connectivity index (χ0v) is 10.6. The van der Waals surface area contributed by atoms with E-state index >= 15 is 0 Å². The summed E-state index contributed by atoms with van der Waals surface area (Å²) in [5.41, 5.74) is 7.21. The molecule has 1 atom stereocenters. The number of methoxy groups -OCH3 is 1. The van der Waals surface area contributed by atoms with Crippen LogP contribution in [-0.2, 0) is 11.8 Å². The van der Waals surface area contributed by atoms with Crippen molar-refractivity contribution in [3.05, 3.63) is 17.5 Å². The van der Waals surface area contributed by atoms with Gasteiger partial charge in [0.2, 0.25) is 0 Å². The number of carbonyl (C=O) groups is 1. The maximum absolute atomic E-state index is 11.8. The summed E-state index contributed by atoms with van der Waals surface area (Å²) in [5, 5.41) is 6.84. The van der Waals surface area contributed by atoms with Gasteiger partial charge >= 0.3 is 0 Å². The van der Waals surface area contributed by atoms with Crippen LogP contribution < -0.4 is 11.1 Å². The molecule has 0 aliphatic rings. The minimum absolute atomic E-state index is 0.0460. The molecule has 1 aromatic rings. The van der Waals surface area contributed by atoms with Gasteiger partial charge in [0.15, 0.2) is 0 Å². The highest BCUT2D eigenvalue weighted by Gasteiger charge is 2.12. The molecule has 1 rings (SSSR count). The van der Waals surface area contributed by atoms with Crippen molar-refractivity contribution in [1.29, 1.82) is 0 Å². The number of nitrogens with zero attached hydrogens (tertiary/aromatic N) is 2. The molecule has 0 fully saturated rings. The first-order chi connectivity index (χ1) is 8.06. The summed E-state index contributed by atoms with van der Waals surface area (Å²) in [6.45, 7) is 2.90. The third kappa shape index (κ3) is 3.83. The number of ether oxygens (including phenoxy) is 1. The summed E-state index contributed by atoms with van der Waals surface area (Å²) in [5.74, 6) is -0.111. The van der Waals surface area contributed by atoms with Crippen molar-refractivity contribution in [2.75, 3.05) is 20.3 Å². The predicted octanol–water partition coefficient (Wildman–Crippen LogP) is -0.178. The van der Waals surface area contributed by atoms with Crippen LogP contribution in [0.1, 0.15) is 22.5 Å². The highest BCUT2D eigenvalue weighted by molar-refractivity contribution is 5.94. The van der Waals surface area contributed by atoms with Crippen molar-refractivity contribution < 1.29 is 9.53 Å². The number of rotatable bonds is 6. The summed E-state index contributed by atoms with van der Waals surface area (Å²) in [6, 6.07) is -0.0460. The van der Waals surface area contributed by atoms with Crippen LogP contribution >= 0.6 is 0 Å². The Morgan fingerprint density at radius 1 is 1.71 bits per heavy atom. The highest BCUT2D eigenvalue weighted by Crippen LogP contribution is 2.04. The van der Waals surface area contributed by atoms with Crippen molar-refractivity contribution >= 4 is 5.91 Å². The van der Waals surface area contributed by atoms with E-state index < -0.39 is 0 Å². The molecule has 0 spiro atoms. The SMILES string of the molecule is COCC(N)CCNC(=O)c1cnn(C)c1C. The van der Waals surface area contributed by atoms with Gasteiger partial charge in [0.25, 0.3) is 5.91 Å². The lowest BCUT2D eigenvalue weighted by Crippen LogP contribution is -2.33. The second kappa shape index (κ2) is 6.36. The molecular weight excluding hydrogens is 220 g/mol. The predicted molar refractivity (Wildman–Crippen MR) is 64.7 cm³/mol. The smallest absolute Gasteiger partial charge is 0.254 e.